The fourth-order valence-corrected chi connectivity index (χ4v) is 14.8. The molecule has 0 aliphatic heterocycles. The molecule has 0 N–H and O–H groups in total. The Kier molecular flexibility index (Phi) is 11.1. The normalized spacial score (nSPS) is 17.5. The molecular weight excluding hydrogens is 382 g/mol. The van der Waals surface area contributed by atoms with Crippen LogP contribution in [0.3, 0.4) is 0 Å². The molecule has 1 aromatic rings. The molecule has 0 fully saturated rings. The van der Waals surface area contributed by atoms with Crippen molar-refractivity contribution in [2.45, 2.75) is 38.2 Å². The third-order valence-corrected chi connectivity index (χ3v) is 14.5. The SMILES string of the molecule is CC1=C(C)C(C)[C]([Ti+2]([CH3])([CH3])[PH]c2ccccc2)=C1C.[Cl-].[Cl-].[SiH4]. The molecule has 0 nitrogen and oxygen atoms in total. The molecule has 2 atom stereocenters. The van der Waals surface area contributed by atoms with Gasteiger partial charge in [0.1, 0.15) is 0 Å². The molecule has 0 aromatic heterocycles. The molecular formula is C17H29Cl2PSiTi. The molecule has 2 rings (SSSR count). The van der Waals surface area contributed by atoms with Crippen LogP contribution in [-0.4, -0.2) is 11.0 Å². The van der Waals surface area contributed by atoms with Gasteiger partial charge < -0.3 is 24.8 Å². The second-order valence-electron chi connectivity index (χ2n) is 6.18. The van der Waals surface area contributed by atoms with E-state index in [-0.39, 0.29) is 35.8 Å². The zero-order valence-electron chi connectivity index (χ0n) is 13.7. The summed E-state index contributed by atoms with van der Waals surface area (Å²) in [6.07, 6.45) is 0. The van der Waals surface area contributed by atoms with E-state index in [1.165, 1.54) is 0 Å². The third kappa shape index (κ3) is 5.07. The fourth-order valence-electron chi connectivity index (χ4n) is 3.32. The van der Waals surface area contributed by atoms with Gasteiger partial charge in [0.25, 0.3) is 0 Å². The Morgan fingerprint density at radius 3 is 1.82 bits per heavy atom. The minimum absolute atomic E-state index is 0. The summed E-state index contributed by atoms with van der Waals surface area (Å²) in [5, 5.41) is 6.72. The summed E-state index contributed by atoms with van der Waals surface area (Å²) in [7, 11) is 0. The first-order valence-corrected chi connectivity index (χ1v) is 14.3. The number of hydrogen-bond donors (Lipinski definition) is 0. The van der Waals surface area contributed by atoms with Gasteiger partial charge in [0.15, 0.2) is 0 Å². The Bertz CT molecular complexity index is 553. The van der Waals surface area contributed by atoms with Gasteiger partial charge in [-0.15, -0.1) is 0 Å². The van der Waals surface area contributed by atoms with Crippen LogP contribution in [-0.2, 0) is 16.1 Å². The molecule has 0 radical (unpaired) electrons. The van der Waals surface area contributed by atoms with E-state index in [4.69, 9.17) is 0 Å². The second kappa shape index (κ2) is 9.82. The van der Waals surface area contributed by atoms with E-state index in [1.807, 2.05) is 3.88 Å². The minimum atomic E-state index is -1.92. The van der Waals surface area contributed by atoms with Gasteiger partial charge in [0, 0.05) is 0 Å². The van der Waals surface area contributed by atoms with Crippen LogP contribution in [0.25, 0.3) is 0 Å². The largest absolute Gasteiger partial charge is 1.00 e. The molecule has 0 spiro atoms. The van der Waals surface area contributed by atoms with Gasteiger partial charge in [0.2, 0.25) is 0 Å². The minimum Gasteiger partial charge on any atom is -1.00 e. The van der Waals surface area contributed by atoms with E-state index in [0.29, 0.717) is 5.92 Å². The van der Waals surface area contributed by atoms with Crippen molar-refractivity contribution in [3.05, 3.63) is 50.9 Å². The van der Waals surface area contributed by atoms with Gasteiger partial charge in [-0.05, 0) is 11.0 Å². The zero-order valence-corrected chi connectivity index (χ0v) is 17.8. The Balaban J connectivity index is 0. The van der Waals surface area contributed by atoms with Crippen molar-refractivity contribution in [3.63, 3.8) is 0 Å². The van der Waals surface area contributed by atoms with Crippen molar-refractivity contribution in [2.75, 3.05) is 0 Å². The third-order valence-electron chi connectivity index (χ3n) is 4.54. The molecule has 0 bridgehead atoms. The molecule has 2 unspecified atom stereocenters. The van der Waals surface area contributed by atoms with Crippen molar-refractivity contribution in [2.24, 2.45) is 5.92 Å². The van der Waals surface area contributed by atoms with Crippen molar-refractivity contribution in [1.82, 2.24) is 0 Å². The van der Waals surface area contributed by atoms with Crippen LogP contribution in [0.2, 0.25) is 10.5 Å². The standard InChI is InChI=1S/C9H13.C6H6P.2CH3.2ClH.H4Si.Ti/c1-6-5-7(2)9(4)8(6)3;7-6-4-2-1-3-5-6;;;;;;/h6H,1-4H3;1-5,7H;2*1H3;2*1H;1H4;/q;-1;;;;;;+3/p-2. The Hall–Kier alpha value is 0.641. The molecule has 0 heterocycles. The summed E-state index contributed by atoms with van der Waals surface area (Å²) < 4.78 is 1.83. The van der Waals surface area contributed by atoms with E-state index < -0.39 is 16.1 Å². The van der Waals surface area contributed by atoms with Crippen molar-refractivity contribution >= 4 is 22.8 Å². The molecule has 1 aliphatic carbocycles. The zero-order chi connectivity index (χ0) is 14.2. The van der Waals surface area contributed by atoms with Gasteiger partial charge in [-0.25, -0.2) is 0 Å². The summed E-state index contributed by atoms with van der Waals surface area (Å²) in [6, 6.07) is 11.1. The Labute approximate surface area is 158 Å². The fraction of sp³-hybridized carbons (Fsp3) is 0.412. The molecule has 22 heavy (non-hydrogen) atoms. The topological polar surface area (TPSA) is 0 Å². The van der Waals surface area contributed by atoms with E-state index in [9.17, 15) is 0 Å². The molecule has 1 aliphatic rings. The van der Waals surface area contributed by atoms with Crippen LogP contribution in [0.1, 0.15) is 27.7 Å². The first kappa shape index (κ1) is 24.9. The van der Waals surface area contributed by atoms with Gasteiger partial charge in [-0.1, -0.05) is 0 Å². The van der Waals surface area contributed by atoms with Gasteiger partial charge in [-0.3, -0.25) is 0 Å². The molecule has 1 aromatic carbocycles. The molecule has 5 heteroatoms. The number of allylic oxidation sites excluding steroid dienone is 4. The average Bonchev–Trinajstić information content (AvgIpc) is 2.55. The second-order valence-corrected chi connectivity index (χ2v) is 19.3. The predicted molar refractivity (Wildman–Crippen MR) is 97.7 cm³/mol. The van der Waals surface area contributed by atoms with Crippen LogP contribution in [0.15, 0.2) is 50.9 Å². The van der Waals surface area contributed by atoms with Gasteiger partial charge >= 0.3 is 123 Å². The maximum Gasteiger partial charge on any atom is -0.0149 e. The predicted octanol–water partition coefficient (Wildman–Crippen LogP) is -2.03. The number of halogens is 2. The van der Waals surface area contributed by atoms with Crippen molar-refractivity contribution < 1.29 is 40.9 Å². The van der Waals surface area contributed by atoms with Crippen LogP contribution in [0.4, 0.5) is 0 Å². The molecule has 0 saturated carbocycles. The van der Waals surface area contributed by atoms with Gasteiger partial charge in [-0.2, -0.15) is 0 Å². The maximum absolute atomic E-state index is 2.59. The number of rotatable bonds is 3. The van der Waals surface area contributed by atoms with Crippen molar-refractivity contribution in [1.29, 1.82) is 0 Å². The smallest absolute Gasteiger partial charge is 0.0149 e. The van der Waals surface area contributed by atoms with Crippen LogP contribution in [0.5, 0.6) is 0 Å². The van der Waals surface area contributed by atoms with E-state index in [0.717, 1.165) is 6.57 Å². The maximum atomic E-state index is 2.59. The number of hydrogen-bond acceptors (Lipinski definition) is 0. The molecule has 0 saturated heterocycles. The first-order chi connectivity index (χ1) is 8.84. The van der Waals surface area contributed by atoms with E-state index >= 15 is 0 Å². The molecule has 124 valence electrons. The van der Waals surface area contributed by atoms with Crippen LogP contribution >= 0.6 is 6.57 Å². The summed E-state index contributed by atoms with van der Waals surface area (Å²) in [6.45, 7) is 10.4. The van der Waals surface area contributed by atoms with E-state index in [2.05, 4.69) is 68.5 Å². The number of benzene rings is 1. The van der Waals surface area contributed by atoms with Gasteiger partial charge in [0.05, 0.1) is 0 Å². The van der Waals surface area contributed by atoms with Crippen molar-refractivity contribution in [3.8, 4) is 0 Å². The van der Waals surface area contributed by atoms with E-state index in [1.54, 1.807) is 22.0 Å². The Morgan fingerprint density at radius 2 is 1.41 bits per heavy atom. The first-order valence-electron chi connectivity index (χ1n) is 7.07. The monoisotopic (exact) mass is 410 g/mol. The summed E-state index contributed by atoms with van der Waals surface area (Å²) in [5.74, 6) is 0.686. The summed E-state index contributed by atoms with van der Waals surface area (Å²) >= 11 is -1.92. The summed E-state index contributed by atoms with van der Waals surface area (Å²) in [5.41, 5.74) is 4.77. The Morgan fingerprint density at radius 1 is 0.909 bits per heavy atom. The van der Waals surface area contributed by atoms with Crippen LogP contribution in [0, 0.1) is 5.92 Å². The summed E-state index contributed by atoms with van der Waals surface area (Å²) in [4.78, 5) is 0. The van der Waals surface area contributed by atoms with Crippen LogP contribution < -0.4 is 30.1 Å². The average molecular weight is 411 g/mol. The molecule has 0 amide bonds. The quantitative estimate of drug-likeness (QED) is 0.398.